The van der Waals surface area contributed by atoms with Gasteiger partial charge in [-0.2, -0.15) is 0 Å². The third-order valence-corrected chi connectivity index (χ3v) is 5.05. The molecule has 6 heteroatoms. The SMILES string of the molecule is CC(C)(C)OC(=O)N1CCC(Cc2ccc(F)cc2)(Cn2ccnc2)CC1. The van der Waals surface area contributed by atoms with Gasteiger partial charge in [0.15, 0.2) is 0 Å². The lowest BCUT2D eigenvalue weighted by atomic mass is 9.73. The van der Waals surface area contributed by atoms with Crippen LogP contribution in [0.2, 0.25) is 0 Å². The number of carbonyl (C=O) groups excluding carboxylic acids is 1. The lowest BCUT2D eigenvalue weighted by Gasteiger charge is -2.42. The molecule has 0 saturated carbocycles. The van der Waals surface area contributed by atoms with Crippen LogP contribution in [0.5, 0.6) is 0 Å². The highest BCUT2D eigenvalue weighted by molar-refractivity contribution is 5.68. The van der Waals surface area contributed by atoms with Crippen molar-refractivity contribution in [2.24, 2.45) is 5.41 Å². The number of likely N-dealkylation sites (tertiary alicyclic amines) is 1. The van der Waals surface area contributed by atoms with Gasteiger partial charge in [-0.05, 0) is 63.1 Å². The van der Waals surface area contributed by atoms with Crippen molar-refractivity contribution in [1.29, 1.82) is 0 Å². The van der Waals surface area contributed by atoms with E-state index >= 15 is 0 Å². The summed E-state index contributed by atoms with van der Waals surface area (Å²) in [6, 6.07) is 6.72. The first-order chi connectivity index (χ1) is 12.7. The number of amides is 1. The van der Waals surface area contributed by atoms with Crippen molar-refractivity contribution < 1.29 is 13.9 Å². The van der Waals surface area contributed by atoms with Gasteiger partial charge in [-0.25, -0.2) is 14.2 Å². The molecule has 0 radical (unpaired) electrons. The normalized spacial score (nSPS) is 17.0. The van der Waals surface area contributed by atoms with Crippen LogP contribution in [0.4, 0.5) is 9.18 Å². The number of halogens is 1. The number of rotatable bonds is 4. The van der Waals surface area contributed by atoms with Crippen molar-refractivity contribution in [2.45, 2.75) is 52.2 Å². The van der Waals surface area contributed by atoms with Gasteiger partial charge in [0, 0.05) is 32.0 Å². The van der Waals surface area contributed by atoms with Gasteiger partial charge in [0.2, 0.25) is 0 Å². The molecule has 1 aromatic heterocycles. The zero-order chi connectivity index (χ0) is 19.5. The predicted octanol–water partition coefficient (Wildman–Crippen LogP) is 4.28. The molecule has 1 aromatic carbocycles. The molecular weight excluding hydrogens is 345 g/mol. The maximum atomic E-state index is 13.3. The van der Waals surface area contributed by atoms with Gasteiger partial charge in [0.25, 0.3) is 0 Å². The second-order valence-corrected chi connectivity index (χ2v) is 8.51. The first-order valence-corrected chi connectivity index (χ1v) is 9.43. The van der Waals surface area contributed by atoms with E-state index in [0.717, 1.165) is 31.4 Å². The summed E-state index contributed by atoms with van der Waals surface area (Å²) in [7, 11) is 0. The number of piperidine rings is 1. The Labute approximate surface area is 160 Å². The van der Waals surface area contributed by atoms with Crippen molar-refractivity contribution in [3.05, 3.63) is 54.4 Å². The lowest BCUT2D eigenvalue weighted by Crippen LogP contribution is -2.47. The molecule has 1 amide bonds. The second-order valence-electron chi connectivity index (χ2n) is 8.51. The minimum atomic E-state index is -0.490. The van der Waals surface area contributed by atoms with Crippen LogP contribution in [0.3, 0.4) is 0 Å². The van der Waals surface area contributed by atoms with Crippen LogP contribution < -0.4 is 0 Å². The third-order valence-electron chi connectivity index (χ3n) is 5.05. The molecule has 1 saturated heterocycles. The Morgan fingerprint density at radius 3 is 2.44 bits per heavy atom. The molecule has 1 aliphatic heterocycles. The fraction of sp³-hybridized carbons (Fsp3) is 0.524. The van der Waals surface area contributed by atoms with Gasteiger partial charge < -0.3 is 14.2 Å². The van der Waals surface area contributed by atoms with E-state index in [0.29, 0.717) is 13.1 Å². The highest BCUT2D eigenvalue weighted by Crippen LogP contribution is 2.37. The minimum Gasteiger partial charge on any atom is -0.444 e. The smallest absolute Gasteiger partial charge is 0.410 e. The number of hydrogen-bond acceptors (Lipinski definition) is 3. The average Bonchev–Trinajstić information content (AvgIpc) is 3.09. The highest BCUT2D eigenvalue weighted by atomic mass is 19.1. The number of hydrogen-bond donors (Lipinski definition) is 0. The first-order valence-electron chi connectivity index (χ1n) is 9.43. The molecule has 5 nitrogen and oxygen atoms in total. The molecule has 0 unspecified atom stereocenters. The number of ether oxygens (including phenoxy) is 1. The van der Waals surface area contributed by atoms with Gasteiger partial charge in [0.1, 0.15) is 11.4 Å². The Morgan fingerprint density at radius 2 is 1.89 bits per heavy atom. The van der Waals surface area contributed by atoms with E-state index in [1.165, 1.54) is 12.1 Å². The molecule has 2 heterocycles. The van der Waals surface area contributed by atoms with E-state index in [9.17, 15) is 9.18 Å². The number of aromatic nitrogens is 2. The molecule has 0 N–H and O–H groups in total. The molecule has 146 valence electrons. The molecule has 2 aromatic rings. The molecule has 0 atom stereocenters. The quantitative estimate of drug-likeness (QED) is 0.804. The molecule has 0 aliphatic carbocycles. The highest BCUT2D eigenvalue weighted by Gasteiger charge is 2.37. The zero-order valence-electron chi connectivity index (χ0n) is 16.3. The van der Waals surface area contributed by atoms with Gasteiger partial charge >= 0.3 is 6.09 Å². The van der Waals surface area contributed by atoms with Gasteiger partial charge in [-0.1, -0.05) is 12.1 Å². The summed E-state index contributed by atoms with van der Waals surface area (Å²) < 4.78 is 20.9. The number of carbonyl (C=O) groups is 1. The van der Waals surface area contributed by atoms with E-state index in [2.05, 4.69) is 9.55 Å². The average molecular weight is 373 g/mol. The second kappa shape index (κ2) is 7.71. The third kappa shape index (κ3) is 5.31. The van der Waals surface area contributed by atoms with E-state index in [1.807, 2.05) is 45.4 Å². The Bertz CT molecular complexity index is 743. The van der Waals surface area contributed by atoms with Crippen molar-refractivity contribution in [1.82, 2.24) is 14.5 Å². The number of benzene rings is 1. The van der Waals surface area contributed by atoms with Crippen LogP contribution in [0.1, 0.15) is 39.2 Å². The Kier molecular flexibility index (Phi) is 5.53. The van der Waals surface area contributed by atoms with Gasteiger partial charge in [-0.15, -0.1) is 0 Å². The minimum absolute atomic E-state index is 0.00293. The lowest BCUT2D eigenvalue weighted by molar-refractivity contribution is 0.00767. The van der Waals surface area contributed by atoms with Crippen LogP contribution in [-0.4, -0.2) is 39.2 Å². The van der Waals surface area contributed by atoms with Crippen molar-refractivity contribution >= 4 is 6.09 Å². The zero-order valence-corrected chi connectivity index (χ0v) is 16.3. The van der Waals surface area contributed by atoms with Gasteiger partial charge in [-0.3, -0.25) is 0 Å². The fourth-order valence-electron chi connectivity index (χ4n) is 3.68. The molecule has 0 bridgehead atoms. The van der Waals surface area contributed by atoms with E-state index in [-0.39, 0.29) is 17.3 Å². The van der Waals surface area contributed by atoms with E-state index < -0.39 is 5.60 Å². The summed E-state index contributed by atoms with van der Waals surface area (Å²) in [5, 5.41) is 0. The van der Waals surface area contributed by atoms with Crippen LogP contribution in [-0.2, 0) is 17.7 Å². The Hall–Kier alpha value is -2.37. The largest absolute Gasteiger partial charge is 0.444 e. The molecule has 0 spiro atoms. The Morgan fingerprint density at radius 1 is 1.22 bits per heavy atom. The van der Waals surface area contributed by atoms with Crippen LogP contribution in [0, 0.1) is 11.2 Å². The monoisotopic (exact) mass is 373 g/mol. The fourth-order valence-corrected chi connectivity index (χ4v) is 3.68. The number of imidazole rings is 1. The van der Waals surface area contributed by atoms with Crippen molar-refractivity contribution in [2.75, 3.05) is 13.1 Å². The maximum absolute atomic E-state index is 13.3. The summed E-state index contributed by atoms with van der Waals surface area (Å²) in [6.07, 6.45) is 7.89. The summed E-state index contributed by atoms with van der Waals surface area (Å²) in [6.45, 7) is 7.79. The summed E-state index contributed by atoms with van der Waals surface area (Å²) in [5.41, 5.74) is 0.621. The standard InChI is InChI=1S/C21H28FN3O2/c1-20(2,3)27-19(26)25-11-8-21(9-12-25,15-24-13-10-23-16-24)14-17-4-6-18(22)7-5-17/h4-7,10,13,16H,8-9,11-12,14-15H2,1-3H3. The predicted molar refractivity (Wildman–Crippen MR) is 102 cm³/mol. The van der Waals surface area contributed by atoms with E-state index in [1.54, 1.807) is 11.1 Å². The molecule has 1 fully saturated rings. The molecular formula is C21H28FN3O2. The van der Waals surface area contributed by atoms with Crippen LogP contribution >= 0.6 is 0 Å². The summed E-state index contributed by atoms with van der Waals surface area (Å²) in [5.74, 6) is -0.220. The first kappa shape index (κ1) is 19.4. The molecule has 3 rings (SSSR count). The van der Waals surface area contributed by atoms with E-state index in [4.69, 9.17) is 4.74 Å². The van der Waals surface area contributed by atoms with Gasteiger partial charge in [0.05, 0.1) is 6.33 Å². The topological polar surface area (TPSA) is 47.4 Å². The van der Waals surface area contributed by atoms with Crippen LogP contribution in [0.25, 0.3) is 0 Å². The summed E-state index contributed by atoms with van der Waals surface area (Å²) in [4.78, 5) is 18.3. The van der Waals surface area contributed by atoms with Crippen LogP contribution in [0.15, 0.2) is 43.0 Å². The van der Waals surface area contributed by atoms with Crippen molar-refractivity contribution in [3.63, 3.8) is 0 Å². The molecule has 1 aliphatic rings. The molecule has 27 heavy (non-hydrogen) atoms. The van der Waals surface area contributed by atoms with Crippen molar-refractivity contribution in [3.8, 4) is 0 Å². The Balaban J connectivity index is 1.72. The summed E-state index contributed by atoms with van der Waals surface area (Å²) >= 11 is 0. The number of nitrogens with zero attached hydrogens (tertiary/aromatic N) is 3. The maximum Gasteiger partial charge on any atom is 0.410 e.